The zero-order valence-electron chi connectivity index (χ0n) is 12.1. The van der Waals surface area contributed by atoms with Crippen molar-refractivity contribution < 1.29 is 14.1 Å². The minimum atomic E-state index is -0.490. The minimum absolute atomic E-state index is 0.420. The lowest BCUT2D eigenvalue weighted by Gasteiger charge is -2.19. The largest absolute Gasteiger partial charge is 0.444 e. The van der Waals surface area contributed by atoms with Crippen LogP contribution >= 0.6 is 23.4 Å². The molecule has 0 aliphatic carbocycles. The quantitative estimate of drug-likeness (QED) is 0.676. The number of carbonyl (C=O) groups is 1. The summed E-state index contributed by atoms with van der Waals surface area (Å²) >= 11 is 7.51. The number of nitrogens with one attached hydrogen (secondary N) is 1. The Morgan fingerprint density at radius 3 is 2.95 bits per heavy atom. The van der Waals surface area contributed by atoms with E-state index in [9.17, 15) is 4.79 Å². The fourth-order valence-corrected chi connectivity index (χ4v) is 2.64. The first-order valence-electron chi connectivity index (χ1n) is 6.50. The first kappa shape index (κ1) is 16.0. The van der Waals surface area contributed by atoms with Crippen LogP contribution in [-0.4, -0.2) is 29.1 Å². The second-order valence-corrected chi connectivity index (χ2v) is 6.87. The normalized spacial score (nSPS) is 11.6. The monoisotopic (exact) mass is 328 g/mol. The Morgan fingerprint density at radius 1 is 1.48 bits per heavy atom. The molecule has 1 heterocycles. The average Bonchev–Trinajstić information content (AvgIpc) is 2.77. The van der Waals surface area contributed by atoms with Crippen LogP contribution in [0.25, 0.3) is 11.0 Å². The van der Waals surface area contributed by atoms with Gasteiger partial charge in [-0.25, -0.2) is 4.79 Å². The number of amides is 1. The third-order valence-corrected chi connectivity index (χ3v) is 3.70. The van der Waals surface area contributed by atoms with Crippen LogP contribution < -0.4 is 5.32 Å². The highest BCUT2D eigenvalue weighted by atomic mass is 35.5. The number of nitrogens with zero attached hydrogens (tertiary/aromatic N) is 1. The average molecular weight is 329 g/mol. The molecule has 0 unspecified atom stereocenters. The molecular formula is C14H17ClN2O3S. The number of ether oxygens (including phenoxy) is 1. The van der Waals surface area contributed by atoms with Gasteiger partial charge in [0.1, 0.15) is 10.6 Å². The Balaban J connectivity index is 1.83. The predicted molar refractivity (Wildman–Crippen MR) is 84.0 cm³/mol. The van der Waals surface area contributed by atoms with Gasteiger partial charge >= 0.3 is 6.09 Å². The lowest BCUT2D eigenvalue weighted by atomic mass is 10.2. The molecule has 114 valence electrons. The molecule has 0 bridgehead atoms. The molecule has 1 aromatic carbocycles. The van der Waals surface area contributed by atoms with Crippen molar-refractivity contribution in [1.29, 1.82) is 0 Å². The molecule has 5 nitrogen and oxygen atoms in total. The van der Waals surface area contributed by atoms with Crippen LogP contribution in [0, 0.1) is 0 Å². The number of fused-ring (bicyclic) bond motifs is 1. The SMILES string of the molecule is CC(C)(C)OC(=O)NCCSc1noc2c(Cl)cccc12. The lowest BCUT2D eigenvalue weighted by molar-refractivity contribution is 0.0531. The minimum Gasteiger partial charge on any atom is -0.444 e. The van der Waals surface area contributed by atoms with Gasteiger partial charge in [0, 0.05) is 12.3 Å². The van der Waals surface area contributed by atoms with E-state index in [4.69, 9.17) is 20.9 Å². The summed E-state index contributed by atoms with van der Waals surface area (Å²) in [4.78, 5) is 11.5. The van der Waals surface area contributed by atoms with E-state index in [-0.39, 0.29) is 0 Å². The zero-order chi connectivity index (χ0) is 15.5. The van der Waals surface area contributed by atoms with E-state index in [0.717, 1.165) is 10.4 Å². The van der Waals surface area contributed by atoms with E-state index >= 15 is 0 Å². The molecule has 0 saturated carbocycles. The molecule has 0 saturated heterocycles. The van der Waals surface area contributed by atoms with Gasteiger partial charge in [0.05, 0.1) is 10.4 Å². The van der Waals surface area contributed by atoms with E-state index in [2.05, 4.69) is 10.5 Å². The number of hydrogen-bond donors (Lipinski definition) is 1. The molecule has 0 spiro atoms. The Labute approximate surface area is 132 Å². The van der Waals surface area contributed by atoms with E-state index < -0.39 is 11.7 Å². The number of thioether (sulfide) groups is 1. The van der Waals surface area contributed by atoms with Crippen molar-refractivity contribution in [2.24, 2.45) is 0 Å². The summed E-state index contributed by atoms with van der Waals surface area (Å²) in [5.74, 6) is 0.660. The van der Waals surface area contributed by atoms with Crippen molar-refractivity contribution in [1.82, 2.24) is 10.5 Å². The molecule has 0 atom stereocenters. The molecule has 21 heavy (non-hydrogen) atoms. The van der Waals surface area contributed by atoms with E-state index in [1.807, 2.05) is 32.9 Å². The smallest absolute Gasteiger partial charge is 0.407 e. The number of rotatable bonds is 4. The highest BCUT2D eigenvalue weighted by molar-refractivity contribution is 7.99. The number of aromatic nitrogens is 1. The van der Waals surface area contributed by atoms with Gasteiger partial charge in [-0.15, -0.1) is 11.8 Å². The number of alkyl carbamates (subject to hydrolysis) is 1. The number of carbonyl (C=O) groups excluding carboxylic acids is 1. The van der Waals surface area contributed by atoms with E-state index in [1.54, 1.807) is 6.07 Å². The maximum absolute atomic E-state index is 11.5. The maximum atomic E-state index is 11.5. The number of hydrogen-bond acceptors (Lipinski definition) is 5. The molecule has 0 aliphatic rings. The molecular weight excluding hydrogens is 312 g/mol. The summed E-state index contributed by atoms with van der Waals surface area (Å²) in [6.45, 7) is 5.96. The van der Waals surface area contributed by atoms with Crippen LogP contribution in [0.2, 0.25) is 5.02 Å². The van der Waals surface area contributed by atoms with Crippen LogP contribution in [0.3, 0.4) is 0 Å². The standard InChI is InChI=1S/C14H17ClN2O3S/c1-14(2,3)19-13(18)16-7-8-21-12-9-5-4-6-10(15)11(9)20-17-12/h4-6H,7-8H2,1-3H3,(H,16,18). The van der Waals surface area contributed by atoms with Gasteiger partial charge in [-0.3, -0.25) is 0 Å². The van der Waals surface area contributed by atoms with Crippen molar-refractivity contribution in [3.63, 3.8) is 0 Å². The Kier molecular flexibility index (Phi) is 5.00. The van der Waals surface area contributed by atoms with Crippen LogP contribution in [0.4, 0.5) is 4.79 Å². The summed E-state index contributed by atoms with van der Waals surface area (Å²) < 4.78 is 10.4. The summed E-state index contributed by atoms with van der Waals surface area (Å²) in [7, 11) is 0. The van der Waals surface area contributed by atoms with E-state index in [0.29, 0.717) is 22.9 Å². The van der Waals surface area contributed by atoms with Gasteiger partial charge in [0.25, 0.3) is 0 Å². The van der Waals surface area contributed by atoms with Gasteiger partial charge in [-0.2, -0.15) is 0 Å². The molecule has 0 aliphatic heterocycles. The molecule has 0 radical (unpaired) electrons. The van der Waals surface area contributed by atoms with Gasteiger partial charge in [-0.05, 0) is 32.9 Å². The predicted octanol–water partition coefficient (Wildman–Crippen LogP) is 4.10. The second kappa shape index (κ2) is 6.58. The summed E-state index contributed by atoms with van der Waals surface area (Å²) in [6.07, 6.45) is -0.420. The molecule has 1 aromatic heterocycles. The lowest BCUT2D eigenvalue weighted by Crippen LogP contribution is -2.33. The Bertz CT molecular complexity index is 637. The topological polar surface area (TPSA) is 64.4 Å². The van der Waals surface area contributed by atoms with Crippen molar-refractivity contribution in [2.45, 2.75) is 31.4 Å². The number of para-hydroxylation sites is 1. The third kappa shape index (κ3) is 4.54. The van der Waals surface area contributed by atoms with Crippen molar-refractivity contribution in [3.8, 4) is 0 Å². The zero-order valence-corrected chi connectivity index (χ0v) is 13.7. The van der Waals surface area contributed by atoms with Gasteiger partial charge < -0.3 is 14.6 Å². The molecule has 2 rings (SSSR count). The van der Waals surface area contributed by atoms with Crippen LogP contribution in [0.15, 0.2) is 27.7 Å². The van der Waals surface area contributed by atoms with Crippen molar-refractivity contribution in [2.75, 3.05) is 12.3 Å². The Morgan fingerprint density at radius 2 is 2.24 bits per heavy atom. The summed E-state index contributed by atoms with van der Waals surface area (Å²) in [6, 6.07) is 5.51. The highest BCUT2D eigenvalue weighted by Crippen LogP contribution is 2.31. The molecule has 7 heteroatoms. The van der Waals surface area contributed by atoms with Crippen LogP contribution in [0.1, 0.15) is 20.8 Å². The van der Waals surface area contributed by atoms with Gasteiger partial charge in [0.2, 0.25) is 0 Å². The third-order valence-electron chi connectivity index (χ3n) is 2.43. The number of benzene rings is 1. The molecule has 0 fully saturated rings. The fraction of sp³-hybridized carbons (Fsp3) is 0.429. The van der Waals surface area contributed by atoms with Gasteiger partial charge in [0.15, 0.2) is 5.58 Å². The fourth-order valence-electron chi connectivity index (χ4n) is 1.63. The summed E-state index contributed by atoms with van der Waals surface area (Å²) in [5, 5.41) is 8.87. The second-order valence-electron chi connectivity index (χ2n) is 5.38. The van der Waals surface area contributed by atoms with E-state index in [1.165, 1.54) is 11.8 Å². The summed E-state index contributed by atoms with van der Waals surface area (Å²) in [5.41, 5.74) is 0.0952. The highest BCUT2D eigenvalue weighted by Gasteiger charge is 2.16. The number of halogens is 1. The maximum Gasteiger partial charge on any atom is 0.407 e. The van der Waals surface area contributed by atoms with Crippen molar-refractivity contribution in [3.05, 3.63) is 23.2 Å². The van der Waals surface area contributed by atoms with Crippen LogP contribution in [-0.2, 0) is 4.74 Å². The first-order chi connectivity index (χ1) is 9.87. The molecule has 1 N–H and O–H groups in total. The van der Waals surface area contributed by atoms with Crippen molar-refractivity contribution >= 4 is 40.4 Å². The first-order valence-corrected chi connectivity index (χ1v) is 7.87. The Hall–Kier alpha value is -1.40. The van der Waals surface area contributed by atoms with Crippen LogP contribution in [0.5, 0.6) is 0 Å². The molecule has 1 amide bonds. The van der Waals surface area contributed by atoms with Gasteiger partial charge in [-0.1, -0.05) is 22.8 Å². The molecule has 2 aromatic rings.